The Morgan fingerprint density at radius 1 is 0.821 bits per heavy atom. The molecule has 7 nitrogen and oxygen atoms in total. The van der Waals surface area contributed by atoms with Crippen LogP contribution in [0.25, 0.3) is 0 Å². The van der Waals surface area contributed by atoms with Crippen LogP contribution < -0.4 is 14.2 Å². The maximum absolute atomic E-state index is 11.9. The summed E-state index contributed by atoms with van der Waals surface area (Å²) in [6.45, 7) is -0.0131. The lowest BCUT2D eigenvalue weighted by atomic mass is 10.2. The number of nitro benzene ring substituents is 1. The average molecular weight is 379 g/mol. The van der Waals surface area contributed by atoms with Gasteiger partial charge in [-0.2, -0.15) is 0 Å². The van der Waals surface area contributed by atoms with Crippen molar-refractivity contribution >= 4 is 11.7 Å². The van der Waals surface area contributed by atoms with Crippen LogP contribution in [0.3, 0.4) is 0 Å². The molecule has 0 heterocycles. The molecule has 0 amide bonds. The zero-order chi connectivity index (χ0) is 19.8. The molecule has 0 aliphatic carbocycles. The van der Waals surface area contributed by atoms with Crippen molar-refractivity contribution in [2.24, 2.45) is 0 Å². The molecule has 0 unspecified atom stereocenters. The predicted molar refractivity (Wildman–Crippen MR) is 101 cm³/mol. The van der Waals surface area contributed by atoms with E-state index in [0.29, 0.717) is 18.1 Å². The second-order valence-electron chi connectivity index (χ2n) is 5.73. The van der Waals surface area contributed by atoms with Gasteiger partial charge in [-0.1, -0.05) is 42.5 Å². The van der Waals surface area contributed by atoms with Gasteiger partial charge in [-0.3, -0.25) is 10.1 Å². The zero-order valence-electron chi connectivity index (χ0n) is 14.8. The number of rotatable bonds is 8. The van der Waals surface area contributed by atoms with Crippen molar-refractivity contribution < 1.29 is 23.9 Å². The minimum Gasteiger partial charge on any atom is -0.489 e. The van der Waals surface area contributed by atoms with Gasteiger partial charge in [-0.05, 0) is 35.9 Å². The lowest BCUT2D eigenvalue weighted by molar-refractivity contribution is -0.385. The molecule has 142 valence electrons. The molecule has 3 aromatic rings. The van der Waals surface area contributed by atoms with Crippen LogP contribution in [0.5, 0.6) is 17.2 Å². The van der Waals surface area contributed by atoms with E-state index in [1.165, 1.54) is 18.2 Å². The van der Waals surface area contributed by atoms with Crippen LogP contribution in [0.2, 0.25) is 0 Å². The van der Waals surface area contributed by atoms with Gasteiger partial charge in [0.25, 0.3) is 0 Å². The number of nitro groups is 1. The number of ether oxygens (including phenoxy) is 3. The normalized spacial score (nSPS) is 10.1. The molecular weight excluding hydrogens is 362 g/mol. The van der Waals surface area contributed by atoms with Gasteiger partial charge in [0.15, 0.2) is 12.4 Å². The number of hydrogen-bond acceptors (Lipinski definition) is 6. The highest BCUT2D eigenvalue weighted by Gasteiger charge is 2.15. The van der Waals surface area contributed by atoms with E-state index in [4.69, 9.17) is 14.2 Å². The number of esters is 1. The Bertz CT molecular complexity index is 941. The first-order valence-corrected chi connectivity index (χ1v) is 8.45. The molecule has 3 aromatic carbocycles. The van der Waals surface area contributed by atoms with Crippen LogP contribution in [-0.4, -0.2) is 17.5 Å². The van der Waals surface area contributed by atoms with Gasteiger partial charge in [0.05, 0.1) is 4.92 Å². The molecule has 0 saturated carbocycles. The molecule has 0 N–H and O–H groups in total. The van der Waals surface area contributed by atoms with E-state index in [2.05, 4.69) is 0 Å². The van der Waals surface area contributed by atoms with Crippen LogP contribution in [0.1, 0.15) is 5.56 Å². The van der Waals surface area contributed by atoms with E-state index in [0.717, 1.165) is 5.56 Å². The van der Waals surface area contributed by atoms with Crippen LogP contribution in [-0.2, 0) is 11.4 Å². The Labute approximate surface area is 161 Å². The maximum atomic E-state index is 11.9. The second-order valence-corrected chi connectivity index (χ2v) is 5.73. The summed E-state index contributed by atoms with van der Waals surface area (Å²) >= 11 is 0. The number of nitrogens with zero attached hydrogens (tertiary/aromatic N) is 1. The van der Waals surface area contributed by atoms with Gasteiger partial charge in [-0.25, -0.2) is 4.79 Å². The van der Waals surface area contributed by atoms with Crippen molar-refractivity contribution in [2.45, 2.75) is 6.61 Å². The Hall–Kier alpha value is -3.87. The van der Waals surface area contributed by atoms with Gasteiger partial charge in [0, 0.05) is 6.07 Å². The summed E-state index contributed by atoms with van der Waals surface area (Å²) in [6.07, 6.45) is 0. The van der Waals surface area contributed by atoms with E-state index in [1.807, 2.05) is 30.3 Å². The summed E-state index contributed by atoms with van der Waals surface area (Å²) in [5.74, 6) is 0.299. The number of hydrogen-bond donors (Lipinski definition) is 0. The van der Waals surface area contributed by atoms with Gasteiger partial charge in [0.2, 0.25) is 0 Å². The van der Waals surface area contributed by atoms with Gasteiger partial charge < -0.3 is 14.2 Å². The molecule has 28 heavy (non-hydrogen) atoms. The fourth-order valence-corrected chi connectivity index (χ4v) is 2.37. The molecule has 0 spiro atoms. The summed E-state index contributed by atoms with van der Waals surface area (Å²) in [5.41, 5.74) is 0.834. The third-order valence-corrected chi connectivity index (χ3v) is 3.71. The number of para-hydroxylation sites is 2. The smallest absolute Gasteiger partial charge is 0.349 e. The lowest BCUT2D eigenvalue weighted by Gasteiger charge is -2.09. The first-order chi connectivity index (χ1) is 13.6. The molecule has 0 fully saturated rings. The first-order valence-electron chi connectivity index (χ1n) is 8.45. The average Bonchev–Trinajstić information content (AvgIpc) is 2.72. The van der Waals surface area contributed by atoms with E-state index in [9.17, 15) is 14.9 Å². The molecule has 0 atom stereocenters. The van der Waals surface area contributed by atoms with Crippen molar-refractivity contribution in [3.8, 4) is 17.2 Å². The van der Waals surface area contributed by atoms with Crippen molar-refractivity contribution in [2.75, 3.05) is 6.61 Å². The highest BCUT2D eigenvalue weighted by atomic mass is 16.6. The minimum absolute atomic E-state index is 0.00844. The minimum atomic E-state index is -0.670. The molecular formula is C21H17NO6. The third kappa shape index (κ3) is 5.31. The fraction of sp³-hybridized carbons (Fsp3) is 0.0952. The van der Waals surface area contributed by atoms with E-state index >= 15 is 0 Å². The monoisotopic (exact) mass is 379 g/mol. The molecule has 7 heteroatoms. The van der Waals surface area contributed by atoms with Gasteiger partial charge in [0.1, 0.15) is 18.1 Å². The highest BCUT2D eigenvalue weighted by Crippen LogP contribution is 2.26. The van der Waals surface area contributed by atoms with Crippen LogP contribution in [0.4, 0.5) is 5.69 Å². The topological polar surface area (TPSA) is 87.9 Å². The quantitative estimate of drug-likeness (QED) is 0.253. The molecule has 0 bridgehead atoms. The van der Waals surface area contributed by atoms with Crippen molar-refractivity contribution in [3.05, 3.63) is 94.5 Å². The molecule has 0 saturated heterocycles. The summed E-state index contributed by atoms with van der Waals surface area (Å²) in [4.78, 5) is 22.3. The number of benzene rings is 3. The van der Waals surface area contributed by atoms with Crippen molar-refractivity contribution in [3.63, 3.8) is 0 Å². The third-order valence-electron chi connectivity index (χ3n) is 3.71. The SMILES string of the molecule is O=C(COc1ccccc1[N+](=O)[O-])Oc1ccc(OCc2ccccc2)cc1. The number of carbonyl (C=O) groups excluding carboxylic acids is 1. The van der Waals surface area contributed by atoms with E-state index in [-0.39, 0.29) is 11.4 Å². The Morgan fingerprint density at radius 2 is 1.46 bits per heavy atom. The standard InChI is InChI=1S/C21H17NO6/c23-21(15-27-20-9-5-4-8-19(20)22(24)25)28-18-12-10-17(11-13-18)26-14-16-6-2-1-3-7-16/h1-13H,14-15H2. The zero-order valence-corrected chi connectivity index (χ0v) is 14.8. The fourth-order valence-electron chi connectivity index (χ4n) is 2.37. The van der Waals surface area contributed by atoms with Crippen LogP contribution in [0.15, 0.2) is 78.9 Å². The highest BCUT2D eigenvalue weighted by molar-refractivity contribution is 5.74. The molecule has 0 aromatic heterocycles. The Morgan fingerprint density at radius 3 is 2.18 bits per heavy atom. The first kappa shape index (κ1) is 18.9. The Kier molecular flexibility index (Phi) is 6.20. The Balaban J connectivity index is 1.50. The summed E-state index contributed by atoms with van der Waals surface area (Å²) < 4.78 is 16.0. The molecule has 0 aliphatic heterocycles. The predicted octanol–water partition coefficient (Wildman–Crippen LogP) is 4.16. The lowest BCUT2D eigenvalue weighted by Crippen LogP contribution is -2.18. The molecule has 3 rings (SSSR count). The van der Waals surface area contributed by atoms with E-state index in [1.54, 1.807) is 30.3 Å². The van der Waals surface area contributed by atoms with Crippen molar-refractivity contribution in [1.82, 2.24) is 0 Å². The number of carbonyl (C=O) groups is 1. The van der Waals surface area contributed by atoms with E-state index < -0.39 is 17.5 Å². The van der Waals surface area contributed by atoms with Crippen LogP contribution in [0, 0.1) is 10.1 Å². The van der Waals surface area contributed by atoms with Gasteiger partial charge in [-0.15, -0.1) is 0 Å². The summed E-state index contributed by atoms with van der Waals surface area (Å²) in [5, 5.41) is 10.9. The largest absolute Gasteiger partial charge is 0.489 e. The second kappa shape index (κ2) is 9.18. The summed E-state index contributed by atoms with van der Waals surface area (Å²) in [7, 11) is 0. The van der Waals surface area contributed by atoms with Crippen LogP contribution >= 0.6 is 0 Å². The molecule has 0 radical (unpaired) electrons. The maximum Gasteiger partial charge on any atom is 0.349 e. The molecule has 0 aliphatic rings. The van der Waals surface area contributed by atoms with Gasteiger partial charge >= 0.3 is 11.7 Å². The van der Waals surface area contributed by atoms with Crippen molar-refractivity contribution in [1.29, 1.82) is 0 Å². The summed E-state index contributed by atoms with van der Waals surface area (Å²) in [6, 6.07) is 22.1.